The number of rotatable bonds is 12. The minimum atomic E-state index is -4.05. The maximum Gasteiger partial charge on any atom is 0.475 e. The van der Waals surface area contributed by atoms with Crippen molar-refractivity contribution in [2.24, 2.45) is 4.99 Å². The third-order valence-electron chi connectivity index (χ3n) is 7.01. The number of nitrogens with zero attached hydrogens (tertiary/aromatic N) is 6. The molecular formula is C30H35N6O7P. The molecule has 6 rings (SSSR count). The monoisotopic (exact) mass is 622 g/mol. The second kappa shape index (κ2) is 12.8. The van der Waals surface area contributed by atoms with Crippen molar-refractivity contribution in [3.63, 3.8) is 0 Å². The van der Waals surface area contributed by atoms with E-state index in [0.717, 1.165) is 11.1 Å². The average molecular weight is 623 g/mol. The molecular weight excluding hydrogens is 587 g/mol. The quantitative estimate of drug-likeness (QED) is 0.120. The zero-order valence-corrected chi connectivity index (χ0v) is 25.8. The lowest BCUT2D eigenvalue weighted by Crippen LogP contribution is -2.32. The standard InChI is InChI=1S/C30H35N6O7P/c1-30(2)42-25-23(17-40-44(37,38-15-21-11-7-5-8-12-21)39-16-22-13-9-6-10-14-22)41-29(26(25)43-30)36-20-33-24-27(34-19-35(3)4)31-18-32-28(24)36/h5-14,18-20,23,25-26,29H,15-17H2,1-4H3/t23-,25?,26?,29-/m1/s1. The summed E-state index contributed by atoms with van der Waals surface area (Å²) in [5.41, 5.74) is 2.69. The topological polar surface area (TPSA) is 132 Å². The Morgan fingerprint density at radius 2 is 1.57 bits per heavy atom. The highest BCUT2D eigenvalue weighted by atomic mass is 31.2. The number of phosphoric ester groups is 1. The number of benzene rings is 2. The fraction of sp³-hybridized carbons (Fsp3) is 0.400. The van der Waals surface area contributed by atoms with Crippen LogP contribution in [0.4, 0.5) is 5.82 Å². The van der Waals surface area contributed by atoms with Crippen molar-refractivity contribution in [1.29, 1.82) is 0 Å². The van der Waals surface area contributed by atoms with Gasteiger partial charge in [-0.25, -0.2) is 24.5 Å². The van der Waals surface area contributed by atoms with E-state index >= 15 is 0 Å². The highest BCUT2D eigenvalue weighted by Crippen LogP contribution is 2.52. The lowest BCUT2D eigenvalue weighted by atomic mass is 10.1. The van der Waals surface area contributed by atoms with E-state index in [1.165, 1.54) is 6.33 Å². The van der Waals surface area contributed by atoms with Gasteiger partial charge in [0.25, 0.3) is 0 Å². The van der Waals surface area contributed by atoms with E-state index in [9.17, 15) is 4.57 Å². The number of fused-ring (bicyclic) bond motifs is 2. The van der Waals surface area contributed by atoms with Crippen LogP contribution in [0.5, 0.6) is 0 Å². The molecule has 0 bridgehead atoms. The van der Waals surface area contributed by atoms with Crippen LogP contribution in [0.3, 0.4) is 0 Å². The van der Waals surface area contributed by atoms with Gasteiger partial charge in [-0.1, -0.05) is 60.7 Å². The van der Waals surface area contributed by atoms with Crippen LogP contribution in [0.15, 0.2) is 78.3 Å². The van der Waals surface area contributed by atoms with Gasteiger partial charge >= 0.3 is 7.82 Å². The second-order valence-electron chi connectivity index (χ2n) is 11.1. The number of phosphoric acid groups is 1. The van der Waals surface area contributed by atoms with Gasteiger partial charge in [-0.05, 0) is 25.0 Å². The van der Waals surface area contributed by atoms with Crippen LogP contribution < -0.4 is 0 Å². The van der Waals surface area contributed by atoms with E-state index in [1.807, 2.05) is 88.6 Å². The normalized spacial score (nSPS) is 23.0. The highest BCUT2D eigenvalue weighted by Gasteiger charge is 2.56. The van der Waals surface area contributed by atoms with Crippen molar-refractivity contribution in [3.8, 4) is 0 Å². The molecule has 2 aromatic carbocycles. The van der Waals surface area contributed by atoms with Gasteiger partial charge < -0.3 is 19.1 Å². The van der Waals surface area contributed by atoms with Gasteiger partial charge in [-0.2, -0.15) is 0 Å². The number of ether oxygens (including phenoxy) is 3. The van der Waals surface area contributed by atoms with Gasteiger partial charge in [-0.15, -0.1) is 0 Å². The average Bonchev–Trinajstić information content (AvgIpc) is 3.69. The molecule has 44 heavy (non-hydrogen) atoms. The van der Waals surface area contributed by atoms with Crippen molar-refractivity contribution in [3.05, 3.63) is 84.4 Å². The molecule has 0 radical (unpaired) electrons. The molecule has 4 atom stereocenters. The van der Waals surface area contributed by atoms with E-state index in [1.54, 1.807) is 22.1 Å². The number of aromatic nitrogens is 4. The predicted octanol–water partition coefficient (Wildman–Crippen LogP) is 5.02. The highest BCUT2D eigenvalue weighted by molar-refractivity contribution is 7.48. The predicted molar refractivity (Wildman–Crippen MR) is 161 cm³/mol. The summed E-state index contributed by atoms with van der Waals surface area (Å²) in [5, 5.41) is 0. The van der Waals surface area contributed by atoms with Gasteiger partial charge in [0.15, 0.2) is 29.0 Å². The molecule has 2 aliphatic heterocycles. The van der Waals surface area contributed by atoms with Gasteiger partial charge in [-0.3, -0.25) is 18.1 Å². The largest absolute Gasteiger partial charge is 0.475 e. The smallest absolute Gasteiger partial charge is 0.369 e. The maximum absolute atomic E-state index is 13.9. The van der Waals surface area contributed by atoms with Crippen LogP contribution in [-0.4, -0.2) is 75.6 Å². The molecule has 232 valence electrons. The minimum Gasteiger partial charge on any atom is -0.369 e. The Kier molecular flexibility index (Phi) is 8.88. The zero-order valence-electron chi connectivity index (χ0n) is 24.9. The first-order valence-electron chi connectivity index (χ1n) is 14.2. The third kappa shape index (κ3) is 6.89. The maximum atomic E-state index is 13.9. The third-order valence-corrected chi connectivity index (χ3v) is 8.37. The molecule has 2 aliphatic rings. The molecule has 0 N–H and O–H groups in total. The summed E-state index contributed by atoms with van der Waals surface area (Å²) in [6, 6.07) is 18.8. The van der Waals surface area contributed by atoms with Crippen molar-refractivity contribution < 1.29 is 32.3 Å². The molecule has 2 fully saturated rings. The molecule has 0 amide bonds. The summed E-state index contributed by atoms with van der Waals surface area (Å²) in [6.45, 7) is 3.61. The molecule has 4 heterocycles. The van der Waals surface area contributed by atoms with Crippen LogP contribution in [-0.2, 0) is 45.6 Å². The number of hydrogen-bond donors (Lipinski definition) is 0. The molecule has 0 saturated carbocycles. The Morgan fingerprint density at radius 1 is 0.932 bits per heavy atom. The second-order valence-corrected chi connectivity index (χ2v) is 12.8. The summed E-state index contributed by atoms with van der Waals surface area (Å²) in [7, 11) is -0.313. The van der Waals surface area contributed by atoms with Crippen molar-refractivity contribution in [1.82, 2.24) is 24.4 Å². The molecule has 2 unspecified atom stereocenters. The van der Waals surface area contributed by atoms with Crippen molar-refractivity contribution in [2.75, 3.05) is 20.7 Å². The fourth-order valence-electron chi connectivity index (χ4n) is 5.04. The van der Waals surface area contributed by atoms with E-state index in [-0.39, 0.29) is 19.8 Å². The van der Waals surface area contributed by atoms with Crippen molar-refractivity contribution in [2.45, 2.75) is 57.4 Å². The van der Waals surface area contributed by atoms with Gasteiger partial charge in [0, 0.05) is 14.1 Å². The Bertz CT molecular complexity index is 1590. The van der Waals surface area contributed by atoms with E-state index < -0.39 is 38.1 Å². The van der Waals surface area contributed by atoms with Crippen LogP contribution in [0.1, 0.15) is 31.2 Å². The summed E-state index contributed by atoms with van der Waals surface area (Å²) in [5.74, 6) is -0.465. The number of imidazole rings is 1. The SMILES string of the molecule is CN(C)C=Nc1ncnc2c1ncn2[C@@H]1O[C@H](COP(=O)(OCc2ccccc2)OCc2ccccc2)C2OC(C)(C)OC21. The van der Waals surface area contributed by atoms with Gasteiger partial charge in [0.1, 0.15) is 24.6 Å². The molecule has 0 aliphatic carbocycles. The molecule has 2 aromatic heterocycles. The molecule has 0 spiro atoms. The first-order chi connectivity index (χ1) is 21.2. The molecule has 2 saturated heterocycles. The number of hydrogen-bond acceptors (Lipinski definition) is 11. The fourth-order valence-corrected chi connectivity index (χ4v) is 6.21. The van der Waals surface area contributed by atoms with E-state index in [4.69, 9.17) is 27.8 Å². The summed E-state index contributed by atoms with van der Waals surface area (Å²) < 4.78 is 52.2. The summed E-state index contributed by atoms with van der Waals surface area (Å²) in [4.78, 5) is 19.5. The van der Waals surface area contributed by atoms with Gasteiger partial charge in [0.2, 0.25) is 0 Å². The van der Waals surface area contributed by atoms with Gasteiger partial charge in [0.05, 0.1) is 32.5 Å². The lowest BCUT2D eigenvalue weighted by Gasteiger charge is -2.25. The Hall–Kier alpha value is -3.55. The van der Waals surface area contributed by atoms with Crippen LogP contribution in [0.25, 0.3) is 11.2 Å². The lowest BCUT2D eigenvalue weighted by molar-refractivity contribution is -0.199. The molecule has 13 nitrogen and oxygen atoms in total. The van der Waals surface area contributed by atoms with Crippen LogP contribution in [0, 0.1) is 0 Å². The van der Waals surface area contributed by atoms with Crippen LogP contribution >= 0.6 is 7.82 Å². The first-order valence-corrected chi connectivity index (χ1v) is 15.7. The molecule has 14 heteroatoms. The Morgan fingerprint density at radius 3 is 2.20 bits per heavy atom. The van der Waals surface area contributed by atoms with Crippen molar-refractivity contribution >= 4 is 31.1 Å². The Labute approximate surface area is 255 Å². The zero-order chi connectivity index (χ0) is 30.7. The summed E-state index contributed by atoms with van der Waals surface area (Å²) in [6.07, 6.45) is 2.26. The van der Waals surface area contributed by atoms with E-state index in [2.05, 4.69) is 19.9 Å². The first kappa shape index (κ1) is 30.5. The molecule has 4 aromatic rings. The number of aliphatic imine (C=N–C) groups is 1. The van der Waals surface area contributed by atoms with E-state index in [0.29, 0.717) is 17.0 Å². The van der Waals surface area contributed by atoms with Crippen LogP contribution in [0.2, 0.25) is 0 Å². The minimum absolute atomic E-state index is 0.0408. The summed E-state index contributed by atoms with van der Waals surface area (Å²) >= 11 is 0. The Balaban J connectivity index is 1.22.